The Labute approximate surface area is 114 Å². The molecule has 1 aliphatic carbocycles. The molecule has 0 amide bonds. The minimum atomic E-state index is 0.237. The Bertz CT molecular complexity index is 447. The lowest BCUT2D eigenvalue weighted by atomic mass is 9.88. The highest BCUT2D eigenvalue weighted by Gasteiger charge is 2.24. The lowest BCUT2D eigenvalue weighted by molar-refractivity contribution is 0.0973. The Hall–Kier alpha value is -1.16. The SMILES string of the molecule is Cc1ccnc(OC2CCCCC2C)c1C(N)=S. The Morgan fingerprint density at radius 3 is 2.83 bits per heavy atom. The molecule has 2 N–H and O–H groups in total. The first-order valence-electron chi connectivity index (χ1n) is 6.51. The fourth-order valence-electron chi connectivity index (χ4n) is 2.52. The monoisotopic (exact) mass is 264 g/mol. The molecule has 0 bridgehead atoms. The van der Waals surface area contributed by atoms with Crippen molar-refractivity contribution in [2.75, 3.05) is 0 Å². The molecule has 2 rings (SSSR count). The van der Waals surface area contributed by atoms with Crippen LogP contribution in [0.25, 0.3) is 0 Å². The zero-order valence-corrected chi connectivity index (χ0v) is 11.8. The molecule has 18 heavy (non-hydrogen) atoms. The van der Waals surface area contributed by atoms with Crippen molar-refractivity contribution in [1.82, 2.24) is 4.98 Å². The van der Waals surface area contributed by atoms with Gasteiger partial charge in [-0.2, -0.15) is 0 Å². The van der Waals surface area contributed by atoms with Crippen LogP contribution in [0.5, 0.6) is 5.88 Å². The lowest BCUT2D eigenvalue weighted by Gasteiger charge is -2.29. The Morgan fingerprint density at radius 1 is 1.44 bits per heavy atom. The standard InChI is InChI=1S/C14H20N2OS/c1-9-5-3-4-6-11(9)17-14-12(13(15)18)10(2)7-8-16-14/h7-9,11H,3-6H2,1-2H3,(H2,15,18). The second kappa shape index (κ2) is 5.65. The van der Waals surface area contributed by atoms with Gasteiger partial charge in [0.2, 0.25) is 5.88 Å². The van der Waals surface area contributed by atoms with Crippen LogP contribution in [0.15, 0.2) is 12.3 Å². The maximum absolute atomic E-state index is 6.06. The van der Waals surface area contributed by atoms with Gasteiger partial charge in [0.05, 0.1) is 5.56 Å². The molecule has 0 aliphatic heterocycles. The van der Waals surface area contributed by atoms with E-state index in [1.165, 1.54) is 19.3 Å². The van der Waals surface area contributed by atoms with Crippen LogP contribution in [-0.2, 0) is 0 Å². The van der Waals surface area contributed by atoms with Gasteiger partial charge in [-0.25, -0.2) is 4.98 Å². The number of nitrogens with two attached hydrogens (primary N) is 1. The van der Waals surface area contributed by atoms with Crippen LogP contribution in [0.3, 0.4) is 0 Å². The van der Waals surface area contributed by atoms with Gasteiger partial charge in [0.15, 0.2) is 0 Å². The minimum absolute atomic E-state index is 0.237. The molecule has 0 radical (unpaired) electrons. The zero-order chi connectivity index (χ0) is 13.1. The zero-order valence-electron chi connectivity index (χ0n) is 11.0. The highest BCUT2D eigenvalue weighted by molar-refractivity contribution is 7.80. The van der Waals surface area contributed by atoms with Crippen LogP contribution in [0, 0.1) is 12.8 Å². The van der Waals surface area contributed by atoms with Gasteiger partial charge in [0, 0.05) is 6.20 Å². The number of hydrogen-bond acceptors (Lipinski definition) is 3. The molecule has 1 aromatic heterocycles. The van der Waals surface area contributed by atoms with Gasteiger partial charge in [-0.1, -0.05) is 25.6 Å². The summed E-state index contributed by atoms with van der Waals surface area (Å²) >= 11 is 5.09. The maximum atomic E-state index is 6.06. The van der Waals surface area contributed by atoms with E-state index in [0.29, 0.717) is 16.8 Å². The van der Waals surface area contributed by atoms with E-state index in [1.54, 1.807) is 6.20 Å². The van der Waals surface area contributed by atoms with Gasteiger partial charge in [0.1, 0.15) is 11.1 Å². The van der Waals surface area contributed by atoms with E-state index in [2.05, 4.69) is 11.9 Å². The van der Waals surface area contributed by atoms with Gasteiger partial charge >= 0.3 is 0 Å². The second-order valence-electron chi connectivity index (χ2n) is 5.09. The molecule has 2 unspecified atom stereocenters. The lowest BCUT2D eigenvalue weighted by Crippen LogP contribution is -2.29. The van der Waals surface area contributed by atoms with Crippen LogP contribution in [0.1, 0.15) is 43.7 Å². The third-order valence-electron chi connectivity index (χ3n) is 3.67. The van der Waals surface area contributed by atoms with Gasteiger partial charge in [-0.15, -0.1) is 0 Å². The normalized spacial score (nSPS) is 23.7. The van der Waals surface area contributed by atoms with Crippen molar-refractivity contribution >= 4 is 17.2 Å². The summed E-state index contributed by atoms with van der Waals surface area (Å²) in [5.41, 5.74) is 7.57. The van der Waals surface area contributed by atoms with Crippen LogP contribution < -0.4 is 10.5 Å². The molecule has 1 aromatic rings. The number of aromatic nitrogens is 1. The smallest absolute Gasteiger partial charge is 0.224 e. The van der Waals surface area contributed by atoms with Gasteiger partial charge < -0.3 is 10.5 Å². The summed E-state index contributed by atoms with van der Waals surface area (Å²) in [5, 5.41) is 0. The maximum Gasteiger partial charge on any atom is 0.224 e. The molecular weight excluding hydrogens is 244 g/mol. The summed E-state index contributed by atoms with van der Waals surface area (Å²) in [4.78, 5) is 4.66. The van der Waals surface area contributed by atoms with Crippen LogP contribution in [0.2, 0.25) is 0 Å². The number of hydrogen-bond donors (Lipinski definition) is 1. The summed E-state index contributed by atoms with van der Waals surface area (Å²) < 4.78 is 6.06. The molecule has 0 spiro atoms. The molecule has 2 atom stereocenters. The predicted octanol–water partition coefficient (Wildman–Crippen LogP) is 2.98. The summed E-state index contributed by atoms with van der Waals surface area (Å²) in [6.45, 7) is 4.22. The van der Waals surface area contributed by atoms with E-state index in [-0.39, 0.29) is 6.10 Å². The van der Waals surface area contributed by atoms with Crippen molar-refractivity contribution in [3.8, 4) is 5.88 Å². The number of aryl methyl sites for hydroxylation is 1. The van der Waals surface area contributed by atoms with Crippen molar-refractivity contribution in [2.45, 2.75) is 45.6 Å². The Kier molecular flexibility index (Phi) is 4.17. The summed E-state index contributed by atoms with van der Waals surface area (Å²) in [7, 11) is 0. The third kappa shape index (κ3) is 2.80. The quantitative estimate of drug-likeness (QED) is 0.853. The van der Waals surface area contributed by atoms with E-state index in [0.717, 1.165) is 17.5 Å². The van der Waals surface area contributed by atoms with E-state index >= 15 is 0 Å². The van der Waals surface area contributed by atoms with Crippen LogP contribution in [-0.4, -0.2) is 16.1 Å². The summed E-state index contributed by atoms with van der Waals surface area (Å²) in [6, 6.07) is 1.91. The molecule has 0 saturated heterocycles. The summed E-state index contributed by atoms with van der Waals surface area (Å²) in [6.07, 6.45) is 6.82. The average Bonchev–Trinajstić information content (AvgIpc) is 2.31. The third-order valence-corrected chi connectivity index (χ3v) is 3.87. The van der Waals surface area contributed by atoms with E-state index < -0.39 is 0 Å². The first-order chi connectivity index (χ1) is 8.59. The highest BCUT2D eigenvalue weighted by Crippen LogP contribution is 2.29. The first-order valence-corrected chi connectivity index (χ1v) is 6.92. The number of ether oxygens (including phenoxy) is 1. The Morgan fingerprint density at radius 2 is 2.17 bits per heavy atom. The van der Waals surface area contributed by atoms with E-state index in [4.69, 9.17) is 22.7 Å². The molecular formula is C14H20N2OS. The van der Waals surface area contributed by atoms with Crippen LogP contribution in [0.4, 0.5) is 0 Å². The van der Waals surface area contributed by atoms with Gasteiger partial charge in [0.25, 0.3) is 0 Å². The average molecular weight is 264 g/mol. The fraction of sp³-hybridized carbons (Fsp3) is 0.571. The minimum Gasteiger partial charge on any atom is -0.474 e. The van der Waals surface area contributed by atoms with Crippen molar-refractivity contribution < 1.29 is 4.74 Å². The number of pyridine rings is 1. The number of thiocarbonyl (C=S) groups is 1. The molecule has 4 heteroatoms. The van der Waals surface area contributed by atoms with E-state index in [9.17, 15) is 0 Å². The number of rotatable bonds is 3. The number of nitrogens with zero attached hydrogens (tertiary/aromatic N) is 1. The fourth-order valence-corrected chi connectivity index (χ4v) is 2.77. The van der Waals surface area contributed by atoms with Crippen molar-refractivity contribution in [1.29, 1.82) is 0 Å². The van der Waals surface area contributed by atoms with E-state index in [1.807, 2.05) is 13.0 Å². The molecule has 3 nitrogen and oxygen atoms in total. The van der Waals surface area contributed by atoms with Crippen LogP contribution >= 0.6 is 12.2 Å². The molecule has 98 valence electrons. The molecule has 1 heterocycles. The molecule has 1 aliphatic rings. The first kappa shape index (κ1) is 13.3. The summed E-state index contributed by atoms with van der Waals surface area (Å²) in [5.74, 6) is 1.17. The molecule has 0 aromatic carbocycles. The largest absolute Gasteiger partial charge is 0.474 e. The van der Waals surface area contributed by atoms with Crippen molar-refractivity contribution in [3.05, 3.63) is 23.4 Å². The Balaban J connectivity index is 2.23. The van der Waals surface area contributed by atoms with Crippen molar-refractivity contribution in [3.63, 3.8) is 0 Å². The second-order valence-corrected chi connectivity index (χ2v) is 5.53. The van der Waals surface area contributed by atoms with Crippen molar-refractivity contribution in [2.24, 2.45) is 11.7 Å². The van der Waals surface area contributed by atoms with Gasteiger partial charge in [-0.05, 0) is 43.7 Å². The van der Waals surface area contributed by atoms with Gasteiger partial charge in [-0.3, -0.25) is 0 Å². The highest BCUT2D eigenvalue weighted by atomic mass is 32.1. The molecule has 1 fully saturated rings. The topological polar surface area (TPSA) is 48.1 Å². The molecule has 1 saturated carbocycles. The predicted molar refractivity (Wildman–Crippen MR) is 76.9 cm³/mol.